The molecule has 0 saturated heterocycles. The van der Waals surface area contributed by atoms with Crippen LogP contribution in [-0.4, -0.2) is 19.0 Å². The van der Waals surface area contributed by atoms with Crippen molar-refractivity contribution in [1.29, 1.82) is 0 Å². The smallest absolute Gasteiger partial charge is 0.508 e. The van der Waals surface area contributed by atoms with E-state index in [1.807, 2.05) is 36.4 Å². The Labute approximate surface area is 178 Å². The number of phenols is 1. The lowest BCUT2D eigenvalue weighted by Crippen LogP contribution is -2.28. The number of aromatic hydroxyl groups is 1. The summed E-state index contributed by atoms with van der Waals surface area (Å²) in [5.41, 5.74) is -1.51. The minimum Gasteiger partial charge on any atom is -0.508 e. The highest BCUT2D eigenvalue weighted by Crippen LogP contribution is 2.47. The van der Waals surface area contributed by atoms with E-state index in [1.54, 1.807) is 24.3 Å². The number of phenolic OH excluding ortho intramolecular Hbond substituents is 1. The van der Waals surface area contributed by atoms with E-state index in [0.717, 1.165) is 35.1 Å². The van der Waals surface area contributed by atoms with Crippen molar-refractivity contribution in [2.75, 3.05) is 0 Å². The van der Waals surface area contributed by atoms with Crippen molar-refractivity contribution >= 4 is 10.1 Å². The molecule has 0 spiro atoms. The molecule has 0 aliphatic heterocycles. The van der Waals surface area contributed by atoms with Crippen molar-refractivity contribution in [1.82, 2.24) is 0 Å². The normalized spacial score (nSPS) is 18.9. The number of fused-ring (bicyclic) bond motifs is 1. The van der Waals surface area contributed by atoms with E-state index in [4.69, 9.17) is 0 Å². The SMILES string of the molecule is O=S(=O)(Oc1ccc([C@@H]2c3ccc(O)cc3CC[C@@H]2c2ccccc2)cc1)C(F)(F)F. The van der Waals surface area contributed by atoms with Gasteiger partial charge >= 0.3 is 15.6 Å². The third-order valence-electron chi connectivity index (χ3n) is 5.55. The fourth-order valence-electron chi connectivity index (χ4n) is 4.18. The molecule has 0 heterocycles. The van der Waals surface area contributed by atoms with Crippen LogP contribution < -0.4 is 4.18 Å². The van der Waals surface area contributed by atoms with Gasteiger partial charge in [-0.25, -0.2) is 0 Å². The Balaban J connectivity index is 1.73. The molecule has 3 aromatic rings. The minimum absolute atomic E-state index is 0.111. The Kier molecular flexibility index (Phi) is 5.43. The lowest BCUT2D eigenvalue weighted by atomic mass is 9.69. The quantitative estimate of drug-likeness (QED) is 0.424. The monoisotopic (exact) mass is 448 g/mol. The molecular formula is C23H19F3O4S. The predicted octanol–water partition coefficient (Wildman–Crippen LogP) is 5.48. The molecule has 0 unspecified atom stereocenters. The first kappa shape index (κ1) is 21.2. The van der Waals surface area contributed by atoms with Gasteiger partial charge in [0.15, 0.2) is 0 Å². The third kappa shape index (κ3) is 4.25. The van der Waals surface area contributed by atoms with E-state index >= 15 is 0 Å². The number of halogens is 3. The molecule has 0 saturated carbocycles. The maximum atomic E-state index is 12.6. The zero-order valence-corrected chi connectivity index (χ0v) is 17.0. The van der Waals surface area contributed by atoms with Gasteiger partial charge in [-0.05, 0) is 65.3 Å². The van der Waals surface area contributed by atoms with Crippen molar-refractivity contribution in [3.05, 3.63) is 95.1 Å². The number of rotatable bonds is 4. The summed E-state index contributed by atoms with van der Waals surface area (Å²) in [5, 5.41) is 9.87. The molecule has 1 N–H and O–H groups in total. The molecular weight excluding hydrogens is 429 g/mol. The van der Waals surface area contributed by atoms with Crippen molar-refractivity contribution in [3.63, 3.8) is 0 Å². The molecule has 0 radical (unpaired) electrons. The van der Waals surface area contributed by atoms with Gasteiger partial charge in [0.2, 0.25) is 0 Å². The van der Waals surface area contributed by atoms with E-state index < -0.39 is 21.4 Å². The van der Waals surface area contributed by atoms with Crippen LogP contribution in [0.25, 0.3) is 0 Å². The van der Waals surface area contributed by atoms with Gasteiger partial charge < -0.3 is 9.29 Å². The van der Waals surface area contributed by atoms with Crippen molar-refractivity contribution < 1.29 is 30.9 Å². The van der Waals surface area contributed by atoms with Gasteiger partial charge in [-0.3, -0.25) is 0 Å². The molecule has 4 nitrogen and oxygen atoms in total. The molecule has 0 amide bonds. The lowest BCUT2D eigenvalue weighted by molar-refractivity contribution is -0.0500. The van der Waals surface area contributed by atoms with Crippen LogP contribution in [0, 0.1) is 0 Å². The van der Waals surface area contributed by atoms with Gasteiger partial charge in [-0.1, -0.05) is 48.5 Å². The third-order valence-corrected chi connectivity index (χ3v) is 6.52. The average molecular weight is 448 g/mol. The first-order valence-corrected chi connectivity index (χ1v) is 11.0. The maximum Gasteiger partial charge on any atom is 0.534 e. The Bertz CT molecular complexity index is 1170. The van der Waals surface area contributed by atoms with Gasteiger partial charge in [0, 0.05) is 5.92 Å². The fraction of sp³-hybridized carbons (Fsp3) is 0.217. The molecule has 31 heavy (non-hydrogen) atoms. The topological polar surface area (TPSA) is 63.6 Å². The predicted molar refractivity (Wildman–Crippen MR) is 109 cm³/mol. The number of benzene rings is 3. The highest BCUT2D eigenvalue weighted by atomic mass is 32.2. The second kappa shape index (κ2) is 7.92. The van der Waals surface area contributed by atoms with Crippen LogP contribution >= 0.6 is 0 Å². The molecule has 4 rings (SSSR count). The first-order valence-electron chi connectivity index (χ1n) is 9.63. The lowest BCUT2D eigenvalue weighted by Gasteiger charge is -2.34. The van der Waals surface area contributed by atoms with Gasteiger partial charge in [0.1, 0.15) is 11.5 Å². The summed E-state index contributed by atoms with van der Waals surface area (Å²) in [4.78, 5) is 0. The standard InChI is InChI=1S/C23H19F3O4S/c24-23(25,26)31(28,29)30-19-10-6-16(7-11-19)22-20(15-4-2-1-3-5-15)12-8-17-14-18(27)9-13-21(17)22/h1-7,9-11,13-14,20,22,27H,8,12H2/t20-,22+/m1/s1. The molecule has 1 aliphatic rings. The Morgan fingerprint density at radius 2 is 1.58 bits per heavy atom. The summed E-state index contributed by atoms with van der Waals surface area (Å²) >= 11 is 0. The number of aryl methyl sites for hydroxylation is 1. The molecule has 0 bridgehead atoms. The summed E-state index contributed by atoms with van der Waals surface area (Å²) < 4.78 is 64.5. The average Bonchev–Trinajstić information content (AvgIpc) is 2.73. The van der Waals surface area contributed by atoms with Crippen LogP contribution in [0.5, 0.6) is 11.5 Å². The number of alkyl halides is 3. The summed E-state index contributed by atoms with van der Waals surface area (Å²) in [6.07, 6.45) is 1.61. The Hall–Kier alpha value is -3.00. The molecule has 3 aromatic carbocycles. The zero-order chi connectivity index (χ0) is 22.2. The van der Waals surface area contributed by atoms with Crippen LogP contribution in [0.1, 0.15) is 40.5 Å². The van der Waals surface area contributed by atoms with E-state index in [2.05, 4.69) is 4.18 Å². The maximum absolute atomic E-state index is 12.6. The second-order valence-electron chi connectivity index (χ2n) is 7.47. The highest BCUT2D eigenvalue weighted by molar-refractivity contribution is 7.88. The molecule has 2 atom stereocenters. The summed E-state index contributed by atoms with van der Waals surface area (Å²) in [6.45, 7) is 0. The van der Waals surface area contributed by atoms with E-state index in [-0.39, 0.29) is 17.6 Å². The van der Waals surface area contributed by atoms with Gasteiger partial charge in [0.25, 0.3) is 0 Å². The van der Waals surface area contributed by atoms with Gasteiger partial charge in [-0.15, -0.1) is 0 Å². The number of hydrogen-bond donors (Lipinski definition) is 1. The minimum atomic E-state index is -5.72. The fourth-order valence-corrected chi connectivity index (χ4v) is 4.64. The van der Waals surface area contributed by atoms with Gasteiger partial charge in [0.05, 0.1) is 0 Å². The summed E-state index contributed by atoms with van der Waals surface area (Å²) in [6, 6.07) is 20.8. The van der Waals surface area contributed by atoms with Crippen molar-refractivity contribution in [2.24, 2.45) is 0 Å². The van der Waals surface area contributed by atoms with Crippen LogP contribution in [0.3, 0.4) is 0 Å². The van der Waals surface area contributed by atoms with Crippen LogP contribution in [0.4, 0.5) is 13.2 Å². The molecule has 0 fully saturated rings. The van der Waals surface area contributed by atoms with Crippen LogP contribution in [0.2, 0.25) is 0 Å². The zero-order valence-electron chi connectivity index (χ0n) is 16.2. The molecule has 0 aromatic heterocycles. The largest absolute Gasteiger partial charge is 0.534 e. The Morgan fingerprint density at radius 3 is 2.23 bits per heavy atom. The van der Waals surface area contributed by atoms with Crippen LogP contribution in [0.15, 0.2) is 72.8 Å². The van der Waals surface area contributed by atoms with Gasteiger partial charge in [-0.2, -0.15) is 21.6 Å². The molecule has 8 heteroatoms. The Morgan fingerprint density at radius 1 is 0.903 bits per heavy atom. The van der Waals surface area contributed by atoms with Crippen LogP contribution in [-0.2, 0) is 16.5 Å². The first-order chi connectivity index (χ1) is 14.7. The van der Waals surface area contributed by atoms with E-state index in [9.17, 15) is 26.7 Å². The van der Waals surface area contributed by atoms with Crippen molar-refractivity contribution in [2.45, 2.75) is 30.2 Å². The number of hydrogen-bond acceptors (Lipinski definition) is 4. The summed E-state index contributed by atoms with van der Waals surface area (Å²) in [7, 11) is -5.72. The van der Waals surface area contributed by atoms with E-state index in [0.29, 0.717) is 0 Å². The molecule has 1 aliphatic carbocycles. The van der Waals surface area contributed by atoms with Crippen molar-refractivity contribution in [3.8, 4) is 11.5 Å². The second-order valence-corrected chi connectivity index (χ2v) is 9.01. The highest BCUT2D eigenvalue weighted by Gasteiger charge is 2.48. The molecule has 162 valence electrons. The summed E-state index contributed by atoms with van der Waals surface area (Å²) in [5.74, 6) is -0.222. The van der Waals surface area contributed by atoms with E-state index in [1.165, 1.54) is 12.1 Å².